The predicted molar refractivity (Wildman–Crippen MR) is 100 cm³/mol. The number of aromatic hydroxyl groups is 1. The van der Waals surface area contributed by atoms with E-state index in [4.69, 9.17) is 4.74 Å². The molecule has 4 atom stereocenters. The number of alkyl halides is 1. The van der Waals surface area contributed by atoms with Gasteiger partial charge in [0.25, 0.3) is 0 Å². The molecule has 2 bridgehead atoms. The van der Waals surface area contributed by atoms with Gasteiger partial charge < -0.3 is 19.7 Å². The van der Waals surface area contributed by atoms with E-state index >= 15 is 0 Å². The summed E-state index contributed by atoms with van der Waals surface area (Å²) in [7, 11) is 0. The molecule has 2 aromatic heterocycles. The zero-order chi connectivity index (χ0) is 19.1. The number of rotatable bonds is 4. The third-order valence-electron chi connectivity index (χ3n) is 5.49. The fourth-order valence-corrected chi connectivity index (χ4v) is 4.05. The molecule has 0 spiro atoms. The van der Waals surface area contributed by atoms with Crippen molar-refractivity contribution in [1.29, 1.82) is 0 Å². The van der Waals surface area contributed by atoms with Gasteiger partial charge in [0.15, 0.2) is 6.17 Å². The lowest BCUT2D eigenvalue weighted by Crippen LogP contribution is -2.51. The van der Waals surface area contributed by atoms with Crippen molar-refractivity contribution in [3.05, 3.63) is 49.3 Å². The molecule has 4 heterocycles. The van der Waals surface area contributed by atoms with E-state index in [0.29, 0.717) is 29.6 Å². The molecule has 7 nitrogen and oxygen atoms in total. The van der Waals surface area contributed by atoms with Crippen molar-refractivity contribution in [2.24, 2.45) is 0 Å². The van der Waals surface area contributed by atoms with E-state index in [1.807, 2.05) is 6.07 Å². The molecule has 1 aromatic carbocycles. The van der Waals surface area contributed by atoms with Crippen molar-refractivity contribution in [3.63, 3.8) is 0 Å². The Balaban J connectivity index is 1.32. The fraction of sp³-hybridized carbons (Fsp3) is 0.350. The van der Waals surface area contributed by atoms with E-state index in [-0.39, 0.29) is 11.8 Å². The van der Waals surface area contributed by atoms with E-state index < -0.39 is 12.3 Å². The van der Waals surface area contributed by atoms with Crippen molar-refractivity contribution in [3.8, 4) is 28.6 Å². The number of nitrogens with zero attached hydrogens (tertiary/aromatic N) is 4. The number of phenols is 1. The van der Waals surface area contributed by atoms with Crippen LogP contribution in [-0.2, 0) is 0 Å². The number of nitrogens with one attached hydrogen (secondary N) is 1. The first-order valence-electron chi connectivity index (χ1n) is 9.38. The van der Waals surface area contributed by atoms with Crippen molar-refractivity contribution in [1.82, 2.24) is 24.8 Å². The summed E-state index contributed by atoms with van der Waals surface area (Å²) < 4.78 is 22.1. The standard InChI is InChI=1S/C20H20FN5O2/c21-20-15-4-1-12(25-15)7-18(20)28-19-10-23-16(9-24-19)14-3-2-13(8-17(14)27)26-6-5-22-11-26/h2-3,5-6,8-12,15,18,20,25,27H,1,4,7H2/t12-,15+,18-,20+/m1/s1. The van der Waals surface area contributed by atoms with E-state index in [9.17, 15) is 9.50 Å². The Hall–Kier alpha value is -3.00. The van der Waals surface area contributed by atoms with E-state index in [1.54, 1.807) is 35.4 Å². The average Bonchev–Trinajstić information content (AvgIpc) is 3.37. The summed E-state index contributed by atoms with van der Waals surface area (Å²) in [6.45, 7) is 0. The van der Waals surface area contributed by atoms with Gasteiger partial charge in [-0.2, -0.15) is 0 Å². The van der Waals surface area contributed by atoms with Crippen LogP contribution in [0.2, 0.25) is 0 Å². The zero-order valence-electron chi connectivity index (χ0n) is 15.1. The molecule has 0 saturated carbocycles. The number of phenolic OH excluding ortho intramolecular Hbond substituents is 1. The average molecular weight is 381 g/mol. The van der Waals surface area contributed by atoms with Gasteiger partial charge in [-0.3, -0.25) is 0 Å². The molecule has 2 N–H and O–H groups in total. The van der Waals surface area contributed by atoms with Crippen molar-refractivity contribution < 1.29 is 14.2 Å². The van der Waals surface area contributed by atoms with Crippen LogP contribution in [0.1, 0.15) is 19.3 Å². The maximum atomic E-state index is 14.5. The highest BCUT2D eigenvalue weighted by molar-refractivity contribution is 5.68. The fourth-order valence-electron chi connectivity index (χ4n) is 4.05. The zero-order valence-corrected chi connectivity index (χ0v) is 15.1. The van der Waals surface area contributed by atoms with Crippen molar-refractivity contribution >= 4 is 0 Å². The van der Waals surface area contributed by atoms with Crippen LogP contribution in [0.25, 0.3) is 16.9 Å². The van der Waals surface area contributed by atoms with Gasteiger partial charge in [-0.25, -0.2) is 19.3 Å². The van der Waals surface area contributed by atoms with Gasteiger partial charge in [0.1, 0.15) is 11.9 Å². The number of aromatic nitrogens is 4. The first kappa shape index (κ1) is 17.1. The topological polar surface area (TPSA) is 85.1 Å². The lowest BCUT2D eigenvalue weighted by Gasteiger charge is -2.32. The van der Waals surface area contributed by atoms with Crippen LogP contribution >= 0.6 is 0 Å². The minimum atomic E-state index is -1.04. The highest BCUT2D eigenvalue weighted by Gasteiger charge is 2.43. The highest BCUT2D eigenvalue weighted by atomic mass is 19.1. The molecule has 2 aliphatic heterocycles. The number of hydrogen-bond acceptors (Lipinski definition) is 6. The molecule has 3 aromatic rings. The Kier molecular flexibility index (Phi) is 4.20. The van der Waals surface area contributed by atoms with Crippen LogP contribution in [0.5, 0.6) is 11.6 Å². The first-order chi connectivity index (χ1) is 13.7. The minimum absolute atomic E-state index is 0.0907. The molecule has 2 saturated heterocycles. The Morgan fingerprint density at radius 1 is 1.21 bits per heavy atom. The van der Waals surface area contributed by atoms with Crippen LogP contribution in [0.4, 0.5) is 4.39 Å². The number of hydrogen-bond donors (Lipinski definition) is 2. The van der Waals surface area contributed by atoms with Gasteiger partial charge in [-0.05, 0) is 25.0 Å². The van der Waals surface area contributed by atoms with E-state index in [2.05, 4.69) is 20.3 Å². The third kappa shape index (κ3) is 3.09. The molecule has 0 radical (unpaired) electrons. The van der Waals surface area contributed by atoms with Crippen molar-refractivity contribution in [2.75, 3.05) is 0 Å². The summed E-state index contributed by atoms with van der Waals surface area (Å²) in [5.74, 6) is 0.389. The maximum Gasteiger partial charge on any atom is 0.232 e. The number of benzene rings is 1. The highest BCUT2D eigenvalue weighted by Crippen LogP contribution is 2.32. The van der Waals surface area contributed by atoms with E-state index in [0.717, 1.165) is 18.5 Å². The predicted octanol–water partition coefficient (Wildman–Crippen LogP) is 2.64. The van der Waals surface area contributed by atoms with Crippen molar-refractivity contribution in [2.45, 2.75) is 43.6 Å². The molecular weight excluding hydrogens is 361 g/mol. The normalized spacial score (nSPS) is 26.3. The summed E-state index contributed by atoms with van der Waals surface area (Å²) in [4.78, 5) is 12.6. The third-order valence-corrected chi connectivity index (χ3v) is 5.49. The second-order valence-electron chi connectivity index (χ2n) is 7.30. The lowest BCUT2D eigenvalue weighted by atomic mass is 10.0. The smallest absolute Gasteiger partial charge is 0.232 e. The van der Waals surface area contributed by atoms with Crippen LogP contribution < -0.4 is 10.1 Å². The molecule has 28 heavy (non-hydrogen) atoms. The number of fused-ring (bicyclic) bond motifs is 2. The summed E-state index contributed by atoms with van der Waals surface area (Å²) >= 11 is 0. The molecular formula is C20H20FN5O2. The Bertz CT molecular complexity index is 963. The van der Waals surface area contributed by atoms with E-state index in [1.165, 1.54) is 12.4 Å². The largest absolute Gasteiger partial charge is 0.507 e. The molecule has 0 amide bonds. The molecule has 5 rings (SSSR count). The Morgan fingerprint density at radius 3 is 2.89 bits per heavy atom. The minimum Gasteiger partial charge on any atom is -0.507 e. The molecule has 0 aliphatic carbocycles. The monoisotopic (exact) mass is 381 g/mol. The number of imidazole rings is 1. The molecule has 8 heteroatoms. The molecule has 2 fully saturated rings. The molecule has 2 aliphatic rings. The second kappa shape index (κ2) is 6.87. The summed E-state index contributed by atoms with van der Waals surface area (Å²) in [6.07, 6.45) is 9.08. The second-order valence-corrected chi connectivity index (χ2v) is 7.30. The van der Waals surface area contributed by atoms with Gasteiger partial charge in [0, 0.05) is 42.5 Å². The lowest BCUT2D eigenvalue weighted by molar-refractivity contribution is 0.0425. The molecule has 0 unspecified atom stereocenters. The first-order valence-corrected chi connectivity index (χ1v) is 9.38. The van der Waals surface area contributed by atoms with Gasteiger partial charge in [-0.1, -0.05) is 0 Å². The van der Waals surface area contributed by atoms with Crippen LogP contribution in [0, 0.1) is 0 Å². The van der Waals surface area contributed by atoms with Gasteiger partial charge in [-0.15, -0.1) is 0 Å². The summed E-state index contributed by atoms with van der Waals surface area (Å²) in [5.41, 5.74) is 1.87. The number of halogens is 1. The van der Waals surface area contributed by atoms with Crippen LogP contribution in [0.15, 0.2) is 49.3 Å². The van der Waals surface area contributed by atoms with Gasteiger partial charge >= 0.3 is 0 Å². The quantitative estimate of drug-likeness (QED) is 0.723. The SMILES string of the molecule is Oc1cc(-n2ccnc2)ccc1-c1cnc(O[C@@H]2C[C@H]3CC[C@H](N3)[C@@H]2F)cn1. The van der Waals surface area contributed by atoms with Crippen LogP contribution in [-0.4, -0.2) is 49.0 Å². The van der Waals surface area contributed by atoms with Crippen LogP contribution in [0.3, 0.4) is 0 Å². The number of piperidine rings is 1. The van der Waals surface area contributed by atoms with Gasteiger partial charge in [0.2, 0.25) is 5.88 Å². The maximum absolute atomic E-state index is 14.5. The molecule has 144 valence electrons. The summed E-state index contributed by atoms with van der Waals surface area (Å²) in [6, 6.07) is 5.47. The Morgan fingerprint density at radius 2 is 2.14 bits per heavy atom. The van der Waals surface area contributed by atoms with Gasteiger partial charge in [0.05, 0.1) is 30.1 Å². The summed E-state index contributed by atoms with van der Waals surface area (Å²) in [5, 5.41) is 13.7. The number of ether oxygens (including phenoxy) is 1. The Labute approximate surface area is 161 Å².